The van der Waals surface area contributed by atoms with Crippen LogP contribution in [-0.4, -0.2) is 32.5 Å². The molecular formula is C22H33N5. The molecule has 0 amide bonds. The van der Waals surface area contributed by atoms with Crippen molar-refractivity contribution in [3.63, 3.8) is 0 Å². The Labute approximate surface area is 163 Å². The summed E-state index contributed by atoms with van der Waals surface area (Å²) >= 11 is 0. The van der Waals surface area contributed by atoms with E-state index in [4.69, 9.17) is 15.7 Å². The van der Waals surface area contributed by atoms with Crippen molar-refractivity contribution in [1.82, 2.24) is 19.4 Å². The minimum absolute atomic E-state index is 0.464. The Bertz CT molecular complexity index is 753. The van der Waals surface area contributed by atoms with Gasteiger partial charge in [-0.25, -0.2) is 4.98 Å². The largest absolute Gasteiger partial charge is 0.331 e. The number of piperidine rings is 1. The van der Waals surface area contributed by atoms with Crippen LogP contribution in [0.4, 0.5) is 0 Å². The van der Waals surface area contributed by atoms with Gasteiger partial charge in [-0.05, 0) is 76.1 Å². The molecule has 2 unspecified atom stereocenters. The van der Waals surface area contributed by atoms with Crippen LogP contribution in [0.1, 0.15) is 67.3 Å². The van der Waals surface area contributed by atoms with Gasteiger partial charge in [0.2, 0.25) is 0 Å². The second kappa shape index (κ2) is 8.53. The lowest BCUT2D eigenvalue weighted by Gasteiger charge is -2.44. The maximum Gasteiger partial charge on any atom is 0.123 e. The molecule has 1 saturated heterocycles. The second-order valence-electron chi connectivity index (χ2n) is 8.22. The number of aromatic nitrogens is 3. The van der Waals surface area contributed by atoms with Gasteiger partial charge >= 0.3 is 0 Å². The summed E-state index contributed by atoms with van der Waals surface area (Å²) in [5.74, 6) is 1.96. The average Bonchev–Trinajstić information content (AvgIpc) is 3.04. The van der Waals surface area contributed by atoms with E-state index < -0.39 is 0 Å². The summed E-state index contributed by atoms with van der Waals surface area (Å²) < 4.78 is 2.42. The van der Waals surface area contributed by atoms with Crippen molar-refractivity contribution in [2.75, 3.05) is 13.1 Å². The number of pyridine rings is 1. The lowest BCUT2D eigenvalue weighted by molar-refractivity contribution is 0.0662. The third-order valence-electron chi connectivity index (χ3n) is 6.42. The second-order valence-corrected chi connectivity index (χ2v) is 8.22. The van der Waals surface area contributed by atoms with Gasteiger partial charge < -0.3 is 10.3 Å². The van der Waals surface area contributed by atoms with Crippen molar-refractivity contribution in [3.05, 3.63) is 47.3 Å². The number of unbranched alkanes of at least 4 members (excludes halogenated alkanes) is 2. The maximum absolute atomic E-state index is 5.64. The maximum atomic E-state index is 5.64. The van der Waals surface area contributed by atoms with E-state index in [1.54, 1.807) is 0 Å². The highest BCUT2D eigenvalue weighted by atomic mass is 15.2. The molecule has 27 heavy (non-hydrogen) atoms. The highest BCUT2D eigenvalue weighted by molar-refractivity contribution is 5.27. The van der Waals surface area contributed by atoms with Crippen molar-refractivity contribution in [3.8, 4) is 0 Å². The molecule has 5 heteroatoms. The van der Waals surface area contributed by atoms with E-state index >= 15 is 0 Å². The Hall–Kier alpha value is -1.72. The van der Waals surface area contributed by atoms with Crippen molar-refractivity contribution in [2.24, 2.45) is 11.7 Å². The molecule has 0 aromatic carbocycles. The van der Waals surface area contributed by atoms with Crippen LogP contribution in [0.3, 0.4) is 0 Å². The van der Waals surface area contributed by atoms with E-state index in [1.807, 2.05) is 12.4 Å². The Morgan fingerprint density at radius 1 is 1.19 bits per heavy atom. The number of nitrogens with two attached hydrogens (primary N) is 1. The number of aryl methyl sites for hydroxylation is 2. The van der Waals surface area contributed by atoms with Gasteiger partial charge in [0.25, 0.3) is 0 Å². The summed E-state index contributed by atoms with van der Waals surface area (Å²) in [4.78, 5) is 12.2. The molecule has 2 aromatic rings. The van der Waals surface area contributed by atoms with E-state index in [9.17, 15) is 0 Å². The van der Waals surface area contributed by atoms with Gasteiger partial charge in [0.05, 0.1) is 18.3 Å². The molecule has 2 N–H and O–H groups in total. The average molecular weight is 368 g/mol. The standard InChI is InChI=1S/C22H33N5/c1-17-15-25-20(27(17)14-4-2-3-11-23)16-26-13-6-8-19-10-9-18-7-5-12-24-21(18)22(19)26/h5,7,12,15,19,22H,2-4,6,8-11,13-14,16,23H2,1H3. The van der Waals surface area contributed by atoms with Gasteiger partial charge in [0.1, 0.15) is 5.82 Å². The number of rotatable bonds is 7. The lowest BCUT2D eigenvalue weighted by Crippen LogP contribution is -2.42. The zero-order chi connectivity index (χ0) is 18.6. The van der Waals surface area contributed by atoms with Crippen LogP contribution in [0.15, 0.2) is 24.5 Å². The highest BCUT2D eigenvalue weighted by Gasteiger charge is 2.37. The molecule has 1 aliphatic carbocycles. The normalized spacial score (nSPS) is 22.4. The highest BCUT2D eigenvalue weighted by Crippen LogP contribution is 2.43. The molecule has 0 bridgehead atoms. The molecule has 0 spiro atoms. The predicted octanol–water partition coefficient (Wildman–Crippen LogP) is 3.62. The molecule has 2 aliphatic rings. The Balaban J connectivity index is 1.53. The predicted molar refractivity (Wildman–Crippen MR) is 108 cm³/mol. The zero-order valence-corrected chi connectivity index (χ0v) is 16.6. The summed E-state index contributed by atoms with van der Waals surface area (Å²) in [6, 6.07) is 4.82. The smallest absolute Gasteiger partial charge is 0.123 e. The number of fused-ring (bicyclic) bond motifs is 3. The van der Waals surface area contributed by atoms with Crippen molar-refractivity contribution >= 4 is 0 Å². The van der Waals surface area contributed by atoms with Gasteiger partial charge in [0.15, 0.2) is 0 Å². The van der Waals surface area contributed by atoms with Gasteiger partial charge in [-0.3, -0.25) is 9.88 Å². The summed E-state index contributed by atoms with van der Waals surface area (Å²) in [5.41, 5.74) is 9.69. The first-order valence-corrected chi connectivity index (χ1v) is 10.7. The van der Waals surface area contributed by atoms with Crippen molar-refractivity contribution in [2.45, 2.75) is 71.0 Å². The van der Waals surface area contributed by atoms with E-state index in [2.05, 4.69) is 28.5 Å². The first kappa shape index (κ1) is 18.6. The van der Waals surface area contributed by atoms with Crippen LogP contribution in [0.25, 0.3) is 0 Å². The van der Waals surface area contributed by atoms with Crippen LogP contribution in [0.5, 0.6) is 0 Å². The topological polar surface area (TPSA) is 60.0 Å². The van der Waals surface area contributed by atoms with Crippen LogP contribution < -0.4 is 5.73 Å². The van der Waals surface area contributed by atoms with Crippen LogP contribution >= 0.6 is 0 Å². The van der Waals surface area contributed by atoms with Crippen LogP contribution in [0, 0.1) is 12.8 Å². The van der Waals surface area contributed by atoms with Gasteiger partial charge in [0, 0.05) is 24.6 Å². The summed E-state index contributed by atoms with van der Waals surface area (Å²) in [6.07, 6.45) is 12.6. The fourth-order valence-electron chi connectivity index (χ4n) is 5.01. The summed E-state index contributed by atoms with van der Waals surface area (Å²) in [7, 11) is 0. The number of likely N-dealkylation sites (tertiary alicyclic amines) is 1. The van der Waals surface area contributed by atoms with Crippen molar-refractivity contribution in [1.29, 1.82) is 0 Å². The molecule has 146 valence electrons. The van der Waals surface area contributed by atoms with E-state index in [0.29, 0.717) is 6.04 Å². The monoisotopic (exact) mass is 367 g/mol. The van der Waals surface area contributed by atoms with Crippen LogP contribution in [0.2, 0.25) is 0 Å². The third-order valence-corrected chi connectivity index (χ3v) is 6.42. The molecule has 1 fully saturated rings. The third kappa shape index (κ3) is 3.94. The van der Waals surface area contributed by atoms with Gasteiger partial charge in [-0.1, -0.05) is 12.5 Å². The first-order chi connectivity index (χ1) is 13.3. The molecule has 0 saturated carbocycles. The number of nitrogens with zero attached hydrogens (tertiary/aromatic N) is 4. The van der Waals surface area contributed by atoms with Gasteiger partial charge in [-0.2, -0.15) is 0 Å². The molecule has 4 rings (SSSR count). The Morgan fingerprint density at radius 2 is 2.11 bits per heavy atom. The fraction of sp³-hybridized carbons (Fsp3) is 0.636. The summed E-state index contributed by atoms with van der Waals surface area (Å²) in [6.45, 7) is 6.10. The quantitative estimate of drug-likeness (QED) is 0.760. The lowest BCUT2D eigenvalue weighted by atomic mass is 9.77. The van der Waals surface area contributed by atoms with Gasteiger partial charge in [-0.15, -0.1) is 0 Å². The van der Waals surface area contributed by atoms with Crippen LogP contribution in [-0.2, 0) is 19.5 Å². The zero-order valence-electron chi connectivity index (χ0n) is 16.6. The fourth-order valence-corrected chi connectivity index (χ4v) is 5.01. The molecule has 5 nitrogen and oxygen atoms in total. The summed E-state index contributed by atoms with van der Waals surface area (Å²) in [5, 5.41) is 0. The number of hydrogen-bond acceptors (Lipinski definition) is 4. The van der Waals surface area contributed by atoms with E-state index in [-0.39, 0.29) is 0 Å². The molecule has 3 heterocycles. The molecule has 0 radical (unpaired) electrons. The van der Waals surface area contributed by atoms with E-state index in [0.717, 1.165) is 38.5 Å². The van der Waals surface area contributed by atoms with Crippen molar-refractivity contribution < 1.29 is 0 Å². The van der Waals surface area contributed by atoms with E-state index in [1.165, 1.54) is 61.3 Å². The minimum Gasteiger partial charge on any atom is -0.331 e. The SMILES string of the molecule is Cc1cnc(CN2CCCC3CCc4cccnc4C32)n1CCCCCN. The molecular weight excluding hydrogens is 334 g/mol. The molecule has 1 aliphatic heterocycles. The Morgan fingerprint density at radius 3 is 3.00 bits per heavy atom. The molecule has 2 atom stereocenters. The number of imidazole rings is 1. The Kier molecular flexibility index (Phi) is 5.89. The minimum atomic E-state index is 0.464. The first-order valence-electron chi connectivity index (χ1n) is 10.7. The molecule has 2 aromatic heterocycles. The number of hydrogen-bond donors (Lipinski definition) is 1.